The van der Waals surface area contributed by atoms with Crippen LogP contribution in [0.4, 0.5) is 0 Å². The number of aromatic nitrogens is 3. The summed E-state index contributed by atoms with van der Waals surface area (Å²) in [5.74, 6) is 0.705. The van der Waals surface area contributed by atoms with Crippen molar-refractivity contribution in [3.8, 4) is 56.0 Å². The van der Waals surface area contributed by atoms with Gasteiger partial charge in [-0.1, -0.05) is 140 Å². The van der Waals surface area contributed by atoms with Gasteiger partial charge in [0.1, 0.15) is 0 Å². The molecule has 2 aromatic heterocycles. The van der Waals surface area contributed by atoms with Crippen LogP contribution in [0, 0.1) is 0 Å². The molecule has 0 aliphatic heterocycles. The molecule has 0 spiro atoms. The SMILES string of the molecule is c1cc(-c2ccc3ccccc3c2)cc(-c2nc(-c3cccc4ccccc34)ncc2-c2cccc(-c3cncc4ccccc34)c2)c1. The fourth-order valence-corrected chi connectivity index (χ4v) is 6.78. The fraction of sp³-hybridized carbons (Fsp3) is 0. The molecule has 7 aromatic carbocycles. The molecule has 0 fully saturated rings. The summed E-state index contributed by atoms with van der Waals surface area (Å²) < 4.78 is 0. The molecule has 0 aliphatic carbocycles. The number of rotatable bonds is 5. The van der Waals surface area contributed by atoms with Crippen molar-refractivity contribution in [1.29, 1.82) is 0 Å². The van der Waals surface area contributed by atoms with Crippen LogP contribution in [-0.4, -0.2) is 15.0 Å². The summed E-state index contributed by atoms with van der Waals surface area (Å²) in [7, 11) is 0. The number of benzene rings is 7. The Morgan fingerprint density at radius 1 is 0.333 bits per heavy atom. The highest BCUT2D eigenvalue weighted by Gasteiger charge is 2.16. The molecule has 0 saturated carbocycles. The predicted molar refractivity (Wildman–Crippen MR) is 200 cm³/mol. The van der Waals surface area contributed by atoms with Crippen molar-refractivity contribution in [3.63, 3.8) is 0 Å². The maximum atomic E-state index is 5.35. The van der Waals surface area contributed by atoms with E-state index in [1.165, 1.54) is 27.1 Å². The molecule has 9 aromatic rings. The smallest absolute Gasteiger partial charge is 0.160 e. The van der Waals surface area contributed by atoms with Gasteiger partial charge in [0.15, 0.2) is 5.82 Å². The van der Waals surface area contributed by atoms with E-state index in [0.717, 1.165) is 55.4 Å². The van der Waals surface area contributed by atoms with Gasteiger partial charge in [-0.15, -0.1) is 0 Å². The first-order chi connectivity index (χ1) is 23.8. The largest absolute Gasteiger partial charge is 0.263 e. The Morgan fingerprint density at radius 3 is 1.79 bits per heavy atom. The second-order valence-corrected chi connectivity index (χ2v) is 12.1. The lowest BCUT2D eigenvalue weighted by Gasteiger charge is -2.15. The highest BCUT2D eigenvalue weighted by atomic mass is 14.9. The van der Waals surface area contributed by atoms with E-state index in [4.69, 9.17) is 9.97 Å². The first kappa shape index (κ1) is 27.8. The molecule has 0 bridgehead atoms. The van der Waals surface area contributed by atoms with Crippen LogP contribution >= 0.6 is 0 Å². The van der Waals surface area contributed by atoms with Crippen LogP contribution in [-0.2, 0) is 0 Å². The van der Waals surface area contributed by atoms with Crippen molar-refractivity contribution in [1.82, 2.24) is 15.0 Å². The van der Waals surface area contributed by atoms with E-state index in [1.807, 2.05) is 18.6 Å². The van der Waals surface area contributed by atoms with Gasteiger partial charge >= 0.3 is 0 Å². The molecule has 9 rings (SSSR count). The quantitative estimate of drug-likeness (QED) is 0.194. The second-order valence-electron chi connectivity index (χ2n) is 12.1. The van der Waals surface area contributed by atoms with Gasteiger partial charge in [-0.3, -0.25) is 4.98 Å². The molecule has 0 N–H and O–H groups in total. The minimum atomic E-state index is 0.705. The average molecular weight is 612 g/mol. The van der Waals surface area contributed by atoms with E-state index >= 15 is 0 Å². The molecule has 0 amide bonds. The van der Waals surface area contributed by atoms with Crippen LogP contribution in [0.5, 0.6) is 0 Å². The first-order valence-electron chi connectivity index (χ1n) is 16.2. The third-order valence-electron chi connectivity index (χ3n) is 9.19. The minimum absolute atomic E-state index is 0.705. The van der Waals surface area contributed by atoms with E-state index in [2.05, 4.69) is 163 Å². The Morgan fingerprint density at radius 2 is 0.938 bits per heavy atom. The summed E-state index contributed by atoms with van der Waals surface area (Å²) >= 11 is 0. The van der Waals surface area contributed by atoms with Gasteiger partial charge in [-0.2, -0.15) is 0 Å². The molecule has 3 nitrogen and oxygen atoms in total. The first-order valence-corrected chi connectivity index (χ1v) is 16.2. The maximum Gasteiger partial charge on any atom is 0.160 e. The standard InChI is InChI=1S/C45H29N3/c1-2-12-32-24-34(23-22-30(32)10-1)33-15-7-18-37(25-33)44-43(29-47-45(48-44)41-21-9-14-31-11-3-5-19-39(31)41)36-17-8-16-35(26-36)42-28-46-27-38-13-4-6-20-40(38)42/h1-29H. The molecule has 2 heterocycles. The van der Waals surface area contributed by atoms with Crippen LogP contribution in [0.25, 0.3) is 88.3 Å². The molecule has 48 heavy (non-hydrogen) atoms. The Kier molecular flexibility index (Phi) is 6.80. The Bertz CT molecular complexity index is 2630. The van der Waals surface area contributed by atoms with Gasteiger partial charge in [0.25, 0.3) is 0 Å². The lowest BCUT2D eigenvalue weighted by molar-refractivity contribution is 1.19. The maximum absolute atomic E-state index is 5.35. The van der Waals surface area contributed by atoms with Gasteiger partial charge in [-0.25, -0.2) is 9.97 Å². The van der Waals surface area contributed by atoms with Crippen molar-refractivity contribution < 1.29 is 0 Å². The zero-order valence-electron chi connectivity index (χ0n) is 26.1. The molecule has 224 valence electrons. The molecule has 0 saturated heterocycles. The van der Waals surface area contributed by atoms with E-state index in [0.29, 0.717) is 5.82 Å². The molecule has 0 radical (unpaired) electrons. The number of fused-ring (bicyclic) bond motifs is 3. The summed E-state index contributed by atoms with van der Waals surface area (Å²) in [6, 6.07) is 55.6. The van der Waals surface area contributed by atoms with Gasteiger partial charge in [0, 0.05) is 46.2 Å². The summed E-state index contributed by atoms with van der Waals surface area (Å²) in [5.41, 5.74) is 9.49. The van der Waals surface area contributed by atoms with Gasteiger partial charge < -0.3 is 0 Å². The normalized spacial score (nSPS) is 11.3. The van der Waals surface area contributed by atoms with Crippen LogP contribution < -0.4 is 0 Å². The van der Waals surface area contributed by atoms with Crippen molar-refractivity contribution in [2.45, 2.75) is 0 Å². The predicted octanol–water partition coefficient (Wildman–Crippen LogP) is 11.7. The fourth-order valence-electron chi connectivity index (χ4n) is 6.78. The minimum Gasteiger partial charge on any atom is -0.263 e. The van der Waals surface area contributed by atoms with E-state index in [-0.39, 0.29) is 0 Å². The second kappa shape index (κ2) is 11.7. The van der Waals surface area contributed by atoms with Crippen molar-refractivity contribution >= 4 is 32.3 Å². The number of hydrogen-bond acceptors (Lipinski definition) is 3. The van der Waals surface area contributed by atoms with Gasteiger partial charge in [0.05, 0.1) is 5.69 Å². The van der Waals surface area contributed by atoms with Gasteiger partial charge in [-0.05, 0) is 67.4 Å². The van der Waals surface area contributed by atoms with E-state index < -0.39 is 0 Å². The van der Waals surface area contributed by atoms with Crippen LogP contribution in [0.2, 0.25) is 0 Å². The van der Waals surface area contributed by atoms with Crippen molar-refractivity contribution in [2.75, 3.05) is 0 Å². The number of pyridine rings is 1. The zero-order valence-corrected chi connectivity index (χ0v) is 26.1. The Labute approximate surface area is 278 Å². The average Bonchev–Trinajstić information content (AvgIpc) is 3.17. The van der Waals surface area contributed by atoms with Crippen LogP contribution in [0.1, 0.15) is 0 Å². The lowest BCUT2D eigenvalue weighted by Crippen LogP contribution is -1.97. The summed E-state index contributed by atoms with van der Waals surface area (Å²) in [6.07, 6.45) is 5.86. The van der Waals surface area contributed by atoms with Crippen LogP contribution in [0.15, 0.2) is 176 Å². The third kappa shape index (κ3) is 4.99. The molecular weight excluding hydrogens is 583 g/mol. The van der Waals surface area contributed by atoms with E-state index in [9.17, 15) is 0 Å². The van der Waals surface area contributed by atoms with Crippen LogP contribution in [0.3, 0.4) is 0 Å². The lowest BCUT2D eigenvalue weighted by atomic mass is 9.94. The zero-order chi connectivity index (χ0) is 31.9. The number of hydrogen-bond donors (Lipinski definition) is 0. The highest BCUT2D eigenvalue weighted by molar-refractivity contribution is 5.98. The summed E-state index contributed by atoms with van der Waals surface area (Å²) in [5, 5.41) is 7.05. The summed E-state index contributed by atoms with van der Waals surface area (Å²) in [6.45, 7) is 0. The molecule has 0 atom stereocenters. The molecule has 0 unspecified atom stereocenters. The van der Waals surface area contributed by atoms with Crippen molar-refractivity contribution in [3.05, 3.63) is 176 Å². The van der Waals surface area contributed by atoms with Crippen molar-refractivity contribution in [2.24, 2.45) is 0 Å². The van der Waals surface area contributed by atoms with Gasteiger partial charge in [0.2, 0.25) is 0 Å². The molecular formula is C45H29N3. The monoisotopic (exact) mass is 611 g/mol. The van der Waals surface area contributed by atoms with E-state index in [1.54, 1.807) is 0 Å². The molecule has 3 heteroatoms. The Hall–Kier alpha value is -6.45. The Balaban J connectivity index is 1.23. The highest BCUT2D eigenvalue weighted by Crippen LogP contribution is 2.38. The molecule has 0 aliphatic rings. The topological polar surface area (TPSA) is 38.7 Å². The third-order valence-corrected chi connectivity index (χ3v) is 9.19. The number of nitrogens with zero attached hydrogens (tertiary/aromatic N) is 3. The summed E-state index contributed by atoms with van der Waals surface area (Å²) in [4.78, 5) is 14.9.